The van der Waals surface area contributed by atoms with Crippen molar-refractivity contribution in [1.29, 1.82) is 0 Å². The van der Waals surface area contributed by atoms with E-state index in [4.69, 9.17) is 10.8 Å². The van der Waals surface area contributed by atoms with Crippen LogP contribution >= 0.6 is 0 Å². The monoisotopic (exact) mass is 252 g/mol. The van der Waals surface area contributed by atoms with E-state index >= 15 is 0 Å². The van der Waals surface area contributed by atoms with E-state index in [-0.39, 0.29) is 5.56 Å². The summed E-state index contributed by atoms with van der Waals surface area (Å²) in [5.74, 6) is -0.260. The van der Waals surface area contributed by atoms with E-state index in [2.05, 4.69) is 10.00 Å². The van der Waals surface area contributed by atoms with E-state index in [1.807, 2.05) is 7.05 Å². The van der Waals surface area contributed by atoms with Gasteiger partial charge in [0.25, 0.3) is 0 Å². The summed E-state index contributed by atoms with van der Waals surface area (Å²) in [5.41, 5.74) is 6.80. The smallest absolute Gasteiger partial charge is 0.339 e. The van der Waals surface area contributed by atoms with Crippen molar-refractivity contribution < 1.29 is 9.90 Å². The van der Waals surface area contributed by atoms with Crippen LogP contribution in [0.15, 0.2) is 6.20 Å². The van der Waals surface area contributed by atoms with Crippen LogP contribution in [0.3, 0.4) is 0 Å². The third-order valence-electron chi connectivity index (χ3n) is 3.66. The number of nitrogens with zero attached hydrogens (tertiary/aromatic N) is 3. The molecule has 6 nitrogen and oxygen atoms in total. The fraction of sp³-hybridized carbons (Fsp3) is 0.667. The van der Waals surface area contributed by atoms with Crippen LogP contribution in [0.5, 0.6) is 0 Å². The van der Waals surface area contributed by atoms with E-state index in [0.29, 0.717) is 25.0 Å². The van der Waals surface area contributed by atoms with Crippen molar-refractivity contribution >= 4 is 5.97 Å². The number of hydrogen-bond donors (Lipinski definition) is 2. The first-order valence-electron chi connectivity index (χ1n) is 6.19. The molecule has 1 unspecified atom stereocenters. The van der Waals surface area contributed by atoms with Gasteiger partial charge in [-0.3, -0.25) is 9.58 Å². The van der Waals surface area contributed by atoms with Crippen LogP contribution in [-0.4, -0.2) is 45.4 Å². The normalized spacial score (nSPS) is 17.1. The van der Waals surface area contributed by atoms with E-state index < -0.39 is 5.97 Å². The minimum atomic E-state index is -0.928. The van der Waals surface area contributed by atoms with E-state index in [0.717, 1.165) is 5.69 Å². The van der Waals surface area contributed by atoms with Gasteiger partial charge in [0.1, 0.15) is 5.56 Å². The summed E-state index contributed by atoms with van der Waals surface area (Å²) in [6, 6.07) is 0.335. The van der Waals surface area contributed by atoms with Gasteiger partial charge in [-0.25, -0.2) is 4.79 Å². The molecule has 2 rings (SSSR count). The van der Waals surface area contributed by atoms with Crippen molar-refractivity contribution in [3.63, 3.8) is 0 Å². The highest BCUT2D eigenvalue weighted by atomic mass is 16.4. The summed E-state index contributed by atoms with van der Waals surface area (Å²) in [6.07, 6.45) is 3.85. The Kier molecular flexibility index (Phi) is 3.68. The zero-order valence-corrected chi connectivity index (χ0v) is 10.8. The standard InChI is InChI=1S/C12H20N4O2/c1-15(10(5-13)8-3-4-8)7-11-9(12(17)18)6-14-16(11)2/h6,8,10H,3-5,7,13H2,1-2H3,(H,17,18). The van der Waals surface area contributed by atoms with Gasteiger partial charge in [0.15, 0.2) is 0 Å². The van der Waals surface area contributed by atoms with Crippen molar-refractivity contribution in [2.45, 2.75) is 25.4 Å². The molecule has 1 aliphatic rings. The zero-order chi connectivity index (χ0) is 13.3. The molecule has 0 aliphatic heterocycles. The van der Waals surface area contributed by atoms with Crippen LogP contribution in [-0.2, 0) is 13.6 Å². The number of carbonyl (C=O) groups is 1. The molecule has 1 heterocycles. The topological polar surface area (TPSA) is 84.4 Å². The second kappa shape index (κ2) is 5.07. The molecule has 0 radical (unpaired) electrons. The molecule has 1 aliphatic carbocycles. The van der Waals surface area contributed by atoms with E-state index in [9.17, 15) is 4.79 Å². The molecule has 1 fully saturated rings. The highest BCUT2D eigenvalue weighted by Crippen LogP contribution is 2.35. The molecule has 100 valence electrons. The third kappa shape index (κ3) is 2.54. The zero-order valence-electron chi connectivity index (χ0n) is 10.8. The van der Waals surface area contributed by atoms with Crippen molar-refractivity contribution in [1.82, 2.24) is 14.7 Å². The highest BCUT2D eigenvalue weighted by molar-refractivity contribution is 5.88. The number of hydrogen-bond acceptors (Lipinski definition) is 4. The summed E-state index contributed by atoms with van der Waals surface area (Å²) in [6.45, 7) is 1.18. The molecule has 1 atom stereocenters. The minimum Gasteiger partial charge on any atom is -0.478 e. The number of aromatic carboxylic acids is 1. The van der Waals surface area contributed by atoms with Gasteiger partial charge in [-0.2, -0.15) is 5.10 Å². The van der Waals surface area contributed by atoms with Gasteiger partial charge in [0.2, 0.25) is 0 Å². The Bertz CT molecular complexity index is 439. The molecule has 0 spiro atoms. The Balaban J connectivity index is 2.12. The molecule has 1 aromatic heterocycles. The maximum absolute atomic E-state index is 11.1. The maximum Gasteiger partial charge on any atom is 0.339 e. The second-order valence-corrected chi connectivity index (χ2v) is 4.99. The first-order chi connectivity index (χ1) is 8.54. The van der Waals surface area contributed by atoms with Gasteiger partial charge in [0, 0.05) is 26.2 Å². The van der Waals surface area contributed by atoms with Crippen LogP contribution in [0.1, 0.15) is 28.9 Å². The number of rotatable bonds is 6. The summed E-state index contributed by atoms with van der Waals surface area (Å²) in [4.78, 5) is 13.2. The molecule has 1 aromatic rings. The average Bonchev–Trinajstić information content (AvgIpc) is 3.06. The largest absolute Gasteiger partial charge is 0.478 e. The van der Waals surface area contributed by atoms with Crippen LogP contribution < -0.4 is 5.73 Å². The van der Waals surface area contributed by atoms with Crippen molar-refractivity contribution in [3.05, 3.63) is 17.5 Å². The number of carboxylic acid groups (broad SMARTS) is 1. The molecular formula is C12H20N4O2. The predicted octanol–water partition coefficient (Wildman–Crippen LogP) is 0.287. The fourth-order valence-corrected chi connectivity index (χ4v) is 2.40. The number of aromatic nitrogens is 2. The SMILES string of the molecule is CN(Cc1c(C(=O)O)cnn1C)C(CN)C1CC1. The summed E-state index contributed by atoms with van der Waals surface area (Å²) in [7, 11) is 3.76. The van der Waals surface area contributed by atoms with Crippen LogP contribution in [0, 0.1) is 5.92 Å². The van der Waals surface area contributed by atoms with Crippen LogP contribution in [0.4, 0.5) is 0 Å². The Morgan fingerprint density at radius 3 is 2.89 bits per heavy atom. The molecule has 0 bridgehead atoms. The van der Waals surface area contributed by atoms with Gasteiger partial charge < -0.3 is 10.8 Å². The molecule has 6 heteroatoms. The lowest BCUT2D eigenvalue weighted by molar-refractivity contribution is 0.0693. The molecule has 1 saturated carbocycles. The fourth-order valence-electron chi connectivity index (χ4n) is 2.40. The van der Waals surface area contributed by atoms with Gasteiger partial charge in [-0.1, -0.05) is 0 Å². The van der Waals surface area contributed by atoms with Crippen molar-refractivity contribution in [2.24, 2.45) is 18.7 Å². The van der Waals surface area contributed by atoms with Crippen LogP contribution in [0.2, 0.25) is 0 Å². The number of nitrogens with two attached hydrogens (primary N) is 1. The average molecular weight is 252 g/mol. The molecule has 0 aromatic carbocycles. The number of carboxylic acids is 1. The first kappa shape index (κ1) is 13.0. The highest BCUT2D eigenvalue weighted by Gasteiger charge is 2.33. The third-order valence-corrected chi connectivity index (χ3v) is 3.66. The van der Waals surface area contributed by atoms with Gasteiger partial charge in [-0.05, 0) is 25.8 Å². The number of aryl methyl sites for hydroxylation is 1. The Morgan fingerprint density at radius 2 is 2.39 bits per heavy atom. The predicted molar refractivity (Wildman–Crippen MR) is 67.2 cm³/mol. The molecule has 18 heavy (non-hydrogen) atoms. The Hall–Kier alpha value is -1.40. The lowest BCUT2D eigenvalue weighted by Gasteiger charge is -2.27. The summed E-state index contributed by atoms with van der Waals surface area (Å²) < 4.78 is 1.63. The lowest BCUT2D eigenvalue weighted by Crippen LogP contribution is -2.39. The van der Waals surface area contributed by atoms with E-state index in [1.54, 1.807) is 11.7 Å². The van der Waals surface area contributed by atoms with Gasteiger partial charge in [0.05, 0.1) is 11.9 Å². The minimum absolute atomic E-state index is 0.274. The second-order valence-electron chi connectivity index (χ2n) is 4.99. The molecule has 0 amide bonds. The van der Waals surface area contributed by atoms with Crippen molar-refractivity contribution in [3.8, 4) is 0 Å². The molecule has 0 saturated heterocycles. The Morgan fingerprint density at radius 1 is 1.72 bits per heavy atom. The summed E-state index contributed by atoms with van der Waals surface area (Å²) in [5, 5.41) is 13.1. The van der Waals surface area contributed by atoms with E-state index in [1.165, 1.54) is 19.0 Å². The maximum atomic E-state index is 11.1. The first-order valence-corrected chi connectivity index (χ1v) is 6.19. The lowest BCUT2D eigenvalue weighted by atomic mass is 10.1. The van der Waals surface area contributed by atoms with Gasteiger partial charge in [-0.15, -0.1) is 0 Å². The van der Waals surface area contributed by atoms with Gasteiger partial charge >= 0.3 is 5.97 Å². The van der Waals surface area contributed by atoms with Crippen molar-refractivity contribution in [2.75, 3.05) is 13.6 Å². The Labute approximate surface area is 106 Å². The molecular weight excluding hydrogens is 232 g/mol. The van der Waals surface area contributed by atoms with Crippen LogP contribution in [0.25, 0.3) is 0 Å². The quantitative estimate of drug-likeness (QED) is 0.760. The summed E-state index contributed by atoms with van der Waals surface area (Å²) >= 11 is 0. The molecule has 3 N–H and O–H groups in total. The number of likely N-dealkylation sites (N-methyl/N-ethyl adjacent to an activating group) is 1.